The Hall–Kier alpha value is -3.72. The molecule has 2 saturated heterocycles. The van der Waals surface area contributed by atoms with Crippen LogP contribution < -0.4 is 0 Å². The molecule has 3 aromatic carbocycles. The number of halogens is 1. The van der Waals surface area contributed by atoms with Gasteiger partial charge in [0.25, 0.3) is 5.91 Å². The van der Waals surface area contributed by atoms with Gasteiger partial charge in [0.05, 0.1) is 35.8 Å². The van der Waals surface area contributed by atoms with Crippen molar-refractivity contribution >= 4 is 34.5 Å². The van der Waals surface area contributed by atoms with Crippen LogP contribution in [0.5, 0.6) is 0 Å². The number of carboxylic acids is 1. The summed E-state index contributed by atoms with van der Waals surface area (Å²) in [5, 5.41) is 10.3. The van der Waals surface area contributed by atoms with Gasteiger partial charge < -0.3 is 19.3 Å². The molecule has 1 aromatic heterocycles. The van der Waals surface area contributed by atoms with Crippen LogP contribution in [0.1, 0.15) is 62.5 Å². The Morgan fingerprint density at radius 1 is 1.05 bits per heavy atom. The number of aromatic nitrogens is 2. The van der Waals surface area contributed by atoms with Crippen LogP contribution in [0.15, 0.2) is 60.7 Å². The second-order valence-corrected chi connectivity index (χ2v) is 11.8. The van der Waals surface area contributed by atoms with Gasteiger partial charge in [-0.3, -0.25) is 9.69 Å². The molecule has 1 N–H and O–H groups in total. The first-order valence-corrected chi connectivity index (χ1v) is 14.9. The van der Waals surface area contributed by atoms with E-state index >= 15 is 0 Å². The van der Waals surface area contributed by atoms with E-state index in [0.29, 0.717) is 31.7 Å². The van der Waals surface area contributed by atoms with Crippen LogP contribution in [0, 0.1) is 6.92 Å². The van der Waals surface area contributed by atoms with Crippen molar-refractivity contribution in [3.63, 3.8) is 0 Å². The summed E-state index contributed by atoms with van der Waals surface area (Å²) < 4.78 is 7.79. The van der Waals surface area contributed by atoms with E-state index in [1.54, 1.807) is 18.2 Å². The molecular weight excluding hydrogens is 552 g/mol. The molecule has 0 aliphatic carbocycles. The zero-order chi connectivity index (χ0) is 29.4. The topological polar surface area (TPSA) is 87.9 Å². The Morgan fingerprint density at radius 2 is 1.83 bits per heavy atom. The van der Waals surface area contributed by atoms with E-state index in [1.165, 1.54) is 0 Å². The van der Waals surface area contributed by atoms with E-state index in [0.717, 1.165) is 64.7 Å². The van der Waals surface area contributed by atoms with Gasteiger partial charge in [-0.25, -0.2) is 9.78 Å². The van der Waals surface area contributed by atoms with Gasteiger partial charge in [-0.15, -0.1) is 0 Å². The average molecular weight is 587 g/mol. The van der Waals surface area contributed by atoms with Crippen molar-refractivity contribution in [1.29, 1.82) is 0 Å². The van der Waals surface area contributed by atoms with Gasteiger partial charge in [0.15, 0.2) is 0 Å². The molecule has 2 atom stereocenters. The van der Waals surface area contributed by atoms with Crippen LogP contribution in [0.3, 0.4) is 0 Å². The maximum Gasteiger partial charge on any atom is 0.335 e. The van der Waals surface area contributed by atoms with Crippen LogP contribution in [-0.4, -0.2) is 75.2 Å². The molecule has 218 valence electrons. The van der Waals surface area contributed by atoms with Crippen LogP contribution >= 0.6 is 11.6 Å². The Bertz CT molecular complexity index is 1640. The van der Waals surface area contributed by atoms with Crippen molar-refractivity contribution < 1.29 is 19.4 Å². The number of hydrogen-bond acceptors (Lipinski definition) is 5. The van der Waals surface area contributed by atoms with Crippen molar-refractivity contribution in [3.8, 4) is 0 Å². The highest BCUT2D eigenvalue weighted by molar-refractivity contribution is 6.31. The molecule has 42 heavy (non-hydrogen) atoms. The standard InChI is InChI=1S/C33H35ClN4O4/c1-21-6-8-27(28(34)16-21)22(2)23-4-3-5-24(17-23)32(39)37-13-11-36(12-14-37)20-31-35-29-9-7-25(33(40)41)18-30(29)38(31)19-26-10-15-42-26/h3-9,16-18,22,26H,10-15,19-20H2,1-2H3,(H,40,41). The van der Waals surface area contributed by atoms with E-state index < -0.39 is 5.97 Å². The van der Waals surface area contributed by atoms with Gasteiger partial charge >= 0.3 is 5.97 Å². The molecule has 1 amide bonds. The lowest BCUT2D eigenvalue weighted by atomic mass is 9.91. The van der Waals surface area contributed by atoms with E-state index in [1.807, 2.05) is 36.1 Å². The first-order valence-electron chi connectivity index (χ1n) is 14.5. The minimum Gasteiger partial charge on any atom is -0.478 e. The van der Waals surface area contributed by atoms with Gasteiger partial charge in [0, 0.05) is 49.3 Å². The molecule has 0 bridgehead atoms. The second kappa shape index (κ2) is 11.9. The number of carbonyl (C=O) groups excluding carboxylic acids is 1. The Morgan fingerprint density at radius 3 is 2.52 bits per heavy atom. The highest BCUT2D eigenvalue weighted by Gasteiger charge is 2.26. The minimum atomic E-state index is -0.953. The molecule has 0 radical (unpaired) electrons. The predicted octanol–water partition coefficient (Wildman–Crippen LogP) is 5.60. The number of benzene rings is 3. The average Bonchev–Trinajstić information content (AvgIpc) is 3.30. The number of carbonyl (C=O) groups is 2. The zero-order valence-electron chi connectivity index (χ0n) is 23.9. The number of aryl methyl sites for hydroxylation is 1. The number of hydrogen-bond donors (Lipinski definition) is 1. The normalized spacial score (nSPS) is 18.2. The van der Waals surface area contributed by atoms with E-state index in [2.05, 4.69) is 34.6 Å². The zero-order valence-corrected chi connectivity index (χ0v) is 24.7. The fraction of sp³-hybridized carbons (Fsp3) is 0.364. The van der Waals surface area contributed by atoms with Crippen molar-refractivity contribution in [3.05, 3.63) is 99.3 Å². The van der Waals surface area contributed by atoms with Crippen molar-refractivity contribution in [1.82, 2.24) is 19.4 Å². The summed E-state index contributed by atoms with van der Waals surface area (Å²) in [6.45, 7) is 8.86. The van der Waals surface area contributed by atoms with Gasteiger partial charge in [-0.2, -0.15) is 0 Å². The maximum absolute atomic E-state index is 13.5. The fourth-order valence-electron chi connectivity index (χ4n) is 5.86. The summed E-state index contributed by atoms with van der Waals surface area (Å²) in [6, 6.07) is 19.1. The summed E-state index contributed by atoms with van der Waals surface area (Å²) in [4.78, 5) is 34.2. The number of carboxylic acid groups (broad SMARTS) is 1. The quantitative estimate of drug-likeness (QED) is 0.289. The SMILES string of the molecule is Cc1ccc(C(C)c2cccc(C(=O)N3CCN(Cc4nc5ccc(C(=O)O)cc5n4CC4CCO4)CC3)c2)c(Cl)c1. The Labute approximate surface area is 250 Å². The molecule has 2 aliphatic heterocycles. The van der Waals surface area contributed by atoms with E-state index in [9.17, 15) is 14.7 Å². The first-order chi connectivity index (χ1) is 20.3. The predicted molar refractivity (Wildman–Crippen MR) is 162 cm³/mol. The lowest BCUT2D eigenvalue weighted by Crippen LogP contribution is -2.48. The molecule has 9 heteroatoms. The van der Waals surface area contributed by atoms with Crippen molar-refractivity contribution in [2.24, 2.45) is 0 Å². The van der Waals surface area contributed by atoms with Gasteiger partial charge in [0.1, 0.15) is 5.82 Å². The number of rotatable bonds is 8. The highest BCUT2D eigenvalue weighted by Crippen LogP contribution is 2.31. The monoisotopic (exact) mass is 586 g/mol. The number of imidazole rings is 1. The molecule has 0 spiro atoms. The number of fused-ring (bicyclic) bond motifs is 1. The van der Waals surface area contributed by atoms with Crippen molar-refractivity contribution in [2.75, 3.05) is 32.8 Å². The number of nitrogens with zero attached hydrogens (tertiary/aromatic N) is 4. The lowest BCUT2D eigenvalue weighted by Gasteiger charge is -2.35. The van der Waals surface area contributed by atoms with Crippen LogP contribution in [0.4, 0.5) is 0 Å². The first kappa shape index (κ1) is 28.4. The van der Waals surface area contributed by atoms with Crippen molar-refractivity contribution in [2.45, 2.75) is 45.4 Å². The number of piperazine rings is 1. The molecular formula is C33H35ClN4O4. The molecule has 2 fully saturated rings. The van der Waals surface area contributed by atoms with Crippen LogP contribution in [-0.2, 0) is 17.8 Å². The van der Waals surface area contributed by atoms with Gasteiger partial charge in [0.2, 0.25) is 0 Å². The maximum atomic E-state index is 13.5. The number of ether oxygens (including phenoxy) is 1. The second-order valence-electron chi connectivity index (χ2n) is 11.4. The molecule has 6 rings (SSSR count). The third-order valence-electron chi connectivity index (χ3n) is 8.53. The molecule has 2 aliphatic rings. The van der Waals surface area contributed by atoms with Gasteiger partial charge in [-0.05, 0) is 66.4 Å². The molecule has 8 nitrogen and oxygen atoms in total. The third kappa shape index (κ3) is 5.79. The molecule has 0 saturated carbocycles. The van der Waals surface area contributed by atoms with E-state index in [-0.39, 0.29) is 23.5 Å². The minimum absolute atomic E-state index is 0.0364. The molecule has 3 heterocycles. The Balaban J connectivity index is 1.13. The largest absolute Gasteiger partial charge is 0.478 e. The number of aromatic carboxylic acids is 1. The summed E-state index contributed by atoms with van der Waals surface area (Å²) in [5.41, 5.74) is 5.76. The Kier molecular flexibility index (Phi) is 8.03. The lowest BCUT2D eigenvalue weighted by molar-refractivity contribution is -0.0592. The summed E-state index contributed by atoms with van der Waals surface area (Å²) in [6.07, 6.45) is 1.10. The van der Waals surface area contributed by atoms with Crippen LogP contribution in [0.2, 0.25) is 5.02 Å². The molecule has 4 aromatic rings. The summed E-state index contributed by atoms with van der Waals surface area (Å²) in [5.74, 6) is 0.0400. The molecule has 2 unspecified atom stereocenters. The smallest absolute Gasteiger partial charge is 0.335 e. The van der Waals surface area contributed by atoms with Crippen LogP contribution in [0.25, 0.3) is 11.0 Å². The summed E-state index contributed by atoms with van der Waals surface area (Å²) >= 11 is 6.54. The van der Waals surface area contributed by atoms with E-state index in [4.69, 9.17) is 21.3 Å². The van der Waals surface area contributed by atoms with Gasteiger partial charge in [-0.1, -0.05) is 42.8 Å². The third-order valence-corrected chi connectivity index (χ3v) is 8.86. The number of amides is 1. The highest BCUT2D eigenvalue weighted by atomic mass is 35.5. The fourth-order valence-corrected chi connectivity index (χ4v) is 6.26. The summed E-state index contributed by atoms with van der Waals surface area (Å²) in [7, 11) is 0.